The number of hydrogen-bond acceptors (Lipinski definition) is 4. The van der Waals surface area contributed by atoms with Gasteiger partial charge in [-0.15, -0.1) is 0 Å². The average Bonchev–Trinajstić information content (AvgIpc) is 2.86. The second-order valence-corrected chi connectivity index (χ2v) is 8.20. The zero-order valence-electron chi connectivity index (χ0n) is 11.4. The molecule has 0 amide bonds. The third-order valence-corrected chi connectivity index (χ3v) is 7.21. The van der Waals surface area contributed by atoms with Crippen LogP contribution in [-0.4, -0.2) is 26.6 Å². The number of benzene rings is 1. The molecule has 1 saturated heterocycles. The Labute approximate surface area is 126 Å². The minimum atomic E-state index is -0.686. The number of hydrogen-bond donors (Lipinski definition) is 1. The van der Waals surface area contributed by atoms with E-state index in [4.69, 9.17) is 4.42 Å². The van der Waals surface area contributed by atoms with Crippen LogP contribution in [-0.2, 0) is 0 Å². The van der Waals surface area contributed by atoms with Crippen molar-refractivity contribution in [1.29, 1.82) is 0 Å². The van der Waals surface area contributed by atoms with Crippen LogP contribution in [0.2, 0.25) is 0 Å². The number of fused-ring (bicyclic) bond motifs is 1. The van der Waals surface area contributed by atoms with E-state index in [0.717, 1.165) is 5.75 Å². The highest BCUT2D eigenvalue weighted by Crippen LogP contribution is 2.41. The molecule has 2 nitrogen and oxygen atoms in total. The normalized spacial score (nSPS) is 28.7. The summed E-state index contributed by atoms with van der Waals surface area (Å²) in [6.07, 6.45) is -0.686. The zero-order chi connectivity index (χ0) is 14.3. The van der Waals surface area contributed by atoms with Gasteiger partial charge in [-0.1, -0.05) is 26.0 Å². The third kappa shape index (κ3) is 2.59. The van der Waals surface area contributed by atoms with Gasteiger partial charge in [0.05, 0.1) is 0 Å². The highest BCUT2D eigenvalue weighted by atomic mass is 32.2. The molecule has 0 aliphatic carbocycles. The third-order valence-electron chi connectivity index (χ3n) is 3.73. The number of rotatable bonds is 2. The maximum Gasteiger partial charge on any atom is 0.170 e. The Kier molecular flexibility index (Phi) is 4.02. The summed E-state index contributed by atoms with van der Waals surface area (Å²) in [7, 11) is 0. The summed E-state index contributed by atoms with van der Waals surface area (Å²) in [5.41, 5.74) is 0.233. The Bertz CT molecular complexity index is 613. The summed E-state index contributed by atoms with van der Waals surface area (Å²) in [6.45, 7) is 4.39. The molecule has 108 valence electrons. The first-order chi connectivity index (χ1) is 9.56. The van der Waals surface area contributed by atoms with Gasteiger partial charge in [-0.2, -0.15) is 23.5 Å². The van der Waals surface area contributed by atoms with E-state index < -0.39 is 6.10 Å². The lowest BCUT2D eigenvalue weighted by Crippen LogP contribution is -2.30. The van der Waals surface area contributed by atoms with Gasteiger partial charge in [0, 0.05) is 26.9 Å². The lowest BCUT2D eigenvalue weighted by Gasteiger charge is -2.33. The van der Waals surface area contributed by atoms with Crippen LogP contribution >= 0.6 is 23.5 Å². The summed E-state index contributed by atoms with van der Waals surface area (Å²) < 4.78 is 19.2. The van der Waals surface area contributed by atoms with Crippen molar-refractivity contribution < 1.29 is 13.9 Å². The van der Waals surface area contributed by atoms with E-state index >= 15 is 0 Å². The molecule has 1 aromatic carbocycles. The monoisotopic (exact) mass is 312 g/mol. The van der Waals surface area contributed by atoms with E-state index in [1.54, 1.807) is 30.0 Å². The second kappa shape index (κ2) is 5.62. The fraction of sp³-hybridized carbons (Fsp3) is 0.467. The van der Waals surface area contributed by atoms with Gasteiger partial charge in [-0.25, -0.2) is 4.39 Å². The van der Waals surface area contributed by atoms with Gasteiger partial charge in [-0.3, -0.25) is 0 Å². The predicted octanol–water partition coefficient (Wildman–Crippen LogP) is 4.23. The molecular formula is C15H17FO2S2. The van der Waals surface area contributed by atoms with Crippen molar-refractivity contribution in [3.8, 4) is 0 Å². The topological polar surface area (TPSA) is 33.4 Å². The summed E-state index contributed by atoms with van der Waals surface area (Å²) in [6, 6.07) is 6.57. The Morgan fingerprint density at radius 1 is 1.35 bits per heavy atom. The smallest absolute Gasteiger partial charge is 0.170 e. The summed E-state index contributed by atoms with van der Waals surface area (Å²) in [5.74, 6) is 0.968. The summed E-state index contributed by atoms with van der Waals surface area (Å²) in [4.78, 5) is 0. The van der Waals surface area contributed by atoms with Crippen LogP contribution in [0.3, 0.4) is 0 Å². The highest BCUT2D eigenvalue weighted by molar-refractivity contribution is 8.07. The molecule has 4 unspecified atom stereocenters. The molecule has 0 saturated carbocycles. The summed E-state index contributed by atoms with van der Waals surface area (Å²) >= 11 is 3.66. The first-order valence-corrected chi connectivity index (χ1v) is 8.68. The Morgan fingerprint density at radius 2 is 2.15 bits per heavy atom. The second-order valence-electron chi connectivity index (χ2n) is 5.17. The van der Waals surface area contributed by atoms with Crippen LogP contribution in [0.4, 0.5) is 4.39 Å². The van der Waals surface area contributed by atoms with Gasteiger partial charge < -0.3 is 9.52 Å². The fourth-order valence-electron chi connectivity index (χ4n) is 2.35. The molecular weight excluding hydrogens is 295 g/mol. The van der Waals surface area contributed by atoms with Gasteiger partial charge in [-0.05, 0) is 12.1 Å². The number of thioether (sulfide) groups is 2. The predicted molar refractivity (Wildman–Crippen MR) is 83.9 cm³/mol. The maximum atomic E-state index is 13.6. The SMILES string of the molecule is CC1SCC(C(O)c2cc3cccc(F)c3o2)SC1C. The van der Waals surface area contributed by atoms with Gasteiger partial charge in [0.25, 0.3) is 0 Å². The first kappa shape index (κ1) is 14.3. The number of para-hydroxylation sites is 1. The van der Waals surface area contributed by atoms with E-state index in [2.05, 4.69) is 13.8 Å². The number of aliphatic hydroxyl groups excluding tert-OH is 1. The largest absolute Gasteiger partial charge is 0.455 e. The standard InChI is InChI=1S/C15H17FO2S2/c1-8-9(2)20-13(7-19-8)14(17)12-6-10-4-3-5-11(16)15(10)18-12/h3-6,8-9,13-14,17H,7H2,1-2H3. The van der Waals surface area contributed by atoms with Crippen molar-refractivity contribution in [2.24, 2.45) is 0 Å². The molecule has 20 heavy (non-hydrogen) atoms. The molecule has 1 fully saturated rings. The minimum absolute atomic E-state index is 0.0924. The van der Waals surface area contributed by atoms with Gasteiger partial charge in [0.1, 0.15) is 11.9 Å². The van der Waals surface area contributed by atoms with Crippen molar-refractivity contribution in [2.45, 2.75) is 35.7 Å². The van der Waals surface area contributed by atoms with Crippen molar-refractivity contribution in [3.63, 3.8) is 0 Å². The van der Waals surface area contributed by atoms with Gasteiger partial charge in [0.2, 0.25) is 0 Å². The Hall–Kier alpha value is -0.650. The lowest BCUT2D eigenvalue weighted by molar-refractivity contribution is 0.154. The van der Waals surface area contributed by atoms with Gasteiger partial charge in [0.15, 0.2) is 11.4 Å². The molecule has 1 N–H and O–H groups in total. The van der Waals surface area contributed by atoms with E-state index in [0.29, 0.717) is 21.6 Å². The molecule has 2 aromatic rings. The molecule has 0 radical (unpaired) electrons. The molecule has 1 aliphatic rings. The van der Waals surface area contributed by atoms with Gasteiger partial charge >= 0.3 is 0 Å². The minimum Gasteiger partial charge on any atom is -0.455 e. The molecule has 3 rings (SSSR count). The van der Waals surface area contributed by atoms with Crippen molar-refractivity contribution in [1.82, 2.24) is 0 Å². The van der Waals surface area contributed by atoms with E-state index in [1.807, 2.05) is 11.8 Å². The molecule has 2 heterocycles. The maximum absolute atomic E-state index is 13.6. The number of halogens is 1. The van der Waals surface area contributed by atoms with Crippen molar-refractivity contribution >= 4 is 34.5 Å². The van der Waals surface area contributed by atoms with E-state index in [-0.39, 0.29) is 16.7 Å². The quantitative estimate of drug-likeness (QED) is 0.899. The van der Waals surface area contributed by atoms with Crippen molar-refractivity contribution in [3.05, 3.63) is 35.8 Å². The highest BCUT2D eigenvalue weighted by Gasteiger charge is 2.32. The first-order valence-electron chi connectivity index (χ1n) is 6.69. The van der Waals surface area contributed by atoms with Crippen LogP contribution < -0.4 is 0 Å². The van der Waals surface area contributed by atoms with E-state index in [1.165, 1.54) is 6.07 Å². The molecule has 0 spiro atoms. The van der Waals surface area contributed by atoms with Crippen LogP contribution in [0.15, 0.2) is 28.7 Å². The molecule has 4 atom stereocenters. The Balaban J connectivity index is 1.85. The van der Waals surface area contributed by atoms with Crippen LogP contribution in [0, 0.1) is 5.82 Å². The summed E-state index contributed by atoms with van der Waals surface area (Å²) in [5, 5.41) is 12.4. The molecule has 1 aromatic heterocycles. The molecule has 5 heteroatoms. The molecule has 0 bridgehead atoms. The Morgan fingerprint density at radius 3 is 2.85 bits per heavy atom. The zero-order valence-corrected chi connectivity index (χ0v) is 13.0. The number of furan rings is 1. The van der Waals surface area contributed by atoms with Crippen molar-refractivity contribution in [2.75, 3.05) is 5.75 Å². The average molecular weight is 312 g/mol. The van der Waals surface area contributed by atoms with Crippen LogP contribution in [0.5, 0.6) is 0 Å². The lowest BCUT2D eigenvalue weighted by atomic mass is 10.2. The van der Waals surface area contributed by atoms with E-state index in [9.17, 15) is 9.50 Å². The van der Waals surface area contributed by atoms with Crippen LogP contribution in [0.1, 0.15) is 25.7 Å². The number of aliphatic hydroxyl groups is 1. The molecule has 1 aliphatic heterocycles. The fourth-order valence-corrected chi connectivity index (χ4v) is 5.33. The van der Waals surface area contributed by atoms with Crippen LogP contribution in [0.25, 0.3) is 11.0 Å².